The van der Waals surface area contributed by atoms with Crippen LogP contribution in [0.15, 0.2) is 48.5 Å². The van der Waals surface area contributed by atoms with Crippen molar-refractivity contribution in [3.8, 4) is 5.75 Å². The van der Waals surface area contributed by atoms with Crippen LogP contribution < -0.4 is 9.64 Å². The molecule has 0 aliphatic carbocycles. The average molecular weight is 387 g/mol. The average Bonchev–Trinajstić information content (AvgIpc) is 2.71. The van der Waals surface area contributed by atoms with Crippen molar-refractivity contribution in [2.45, 2.75) is 12.6 Å². The van der Waals surface area contributed by atoms with Gasteiger partial charge < -0.3 is 19.1 Å². The maximum absolute atomic E-state index is 13.9. The van der Waals surface area contributed by atoms with Gasteiger partial charge >= 0.3 is 17.9 Å². The number of rotatable bonds is 5. The van der Waals surface area contributed by atoms with Crippen molar-refractivity contribution in [2.24, 2.45) is 5.92 Å². The predicted molar refractivity (Wildman–Crippen MR) is 96.0 cm³/mol. The third-order valence-corrected chi connectivity index (χ3v) is 4.44. The minimum atomic E-state index is -1.59. The van der Waals surface area contributed by atoms with Crippen LogP contribution in [-0.2, 0) is 30.4 Å². The van der Waals surface area contributed by atoms with Crippen LogP contribution in [0.2, 0.25) is 0 Å². The quantitative estimate of drug-likeness (QED) is 0.441. The Morgan fingerprint density at radius 2 is 1.75 bits per heavy atom. The third kappa shape index (κ3) is 3.66. The fraction of sp³-hybridized carbons (Fsp3) is 0.250. The predicted octanol–water partition coefficient (Wildman–Crippen LogP) is 2.08. The largest absolute Gasteiger partial charge is 0.468 e. The number of halogens is 1. The van der Waals surface area contributed by atoms with E-state index in [1.807, 2.05) is 6.07 Å². The zero-order valence-corrected chi connectivity index (χ0v) is 15.3. The van der Waals surface area contributed by atoms with Crippen molar-refractivity contribution in [2.75, 3.05) is 19.1 Å². The highest BCUT2D eigenvalue weighted by atomic mass is 19.1. The number of esters is 3. The first-order valence-electron chi connectivity index (χ1n) is 8.43. The van der Waals surface area contributed by atoms with Crippen molar-refractivity contribution in [1.29, 1.82) is 0 Å². The second-order valence-electron chi connectivity index (χ2n) is 6.12. The number of fused-ring (bicyclic) bond motifs is 1. The summed E-state index contributed by atoms with van der Waals surface area (Å²) >= 11 is 0. The Hall–Kier alpha value is -3.42. The van der Waals surface area contributed by atoms with E-state index < -0.39 is 35.7 Å². The Morgan fingerprint density at radius 3 is 2.36 bits per heavy atom. The molecule has 28 heavy (non-hydrogen) atoms. The van der Waals surface area contributed by atoms with Crippen LogP contribution in [0.4, 0.5) is 10.1 Å². The van der Waals surface area contributed by atoms with E-state index in [9.17, 15) is 18.8 Å². The lowest BCUT2D eigenvalue weighted by Gasteiger charge is -2.38. The van der Waals surface area contributed by atoms with Crippen LogP contribution in [0.1, 0.15) is 5.56 Å². The Balaban J connectivity index is 2.13. The summed E-state index contributed by atoms with van der Waals surface area (Å²) in [6.07, 6.45) is 0. The first kappa shape index (κ1) is 19.3. The second kappa shape index (κ2) is 8.08. The summed E-state index contributed by atoms with van der Waals surface area (Å²) in [4.78, 5) is 38.8. The summed E-state index contributed by atoms with van der Waals surface area (Å²) in [5, 5.41) is 0. The van der Waals surface area contributed by atoms with Gasteiger partial charge in [-0.2, -0.15) is 0 Å². The Labute approximate surface area is 160 Å². The molecule has 1 unspecified atom stereocenters. The van der Waals surface area contributed by atoms with E-state index in [1.165, 1.54) is 17.0 Å². The monoisotopic (exact) mass is 387 g/mol. The van der Waals surface area contributed by atoms with Gasteiger partial charge in [-0.05, 0) is 17.7 Å². The van der Waals surface area contributed by atoms with Gasteiger partial charge in [-0.25, -0.2) is 9.18 Å². The fourth-order valence-electron chi connectivity index (χ4n) is 3.13. The molecule has 146 valence electrons. The molecule has 1 atom stereocenters. The molecule has 0 radical (unpaired) electrons. The van der Waals surface area contributed by atoms with Crippen LogP contribution in [0, 0.1) is 11.7 Å². The van der Waals surface area contributed by atoms with Gasteiger partial charge in [0.05, 0.1) is 19.9 Å². The molecule has 0 saturated heterocycles. The normalized spacial score (nSPS) is 15.6. The van der Waals surface area contributed by atoms with Gasteiger partial charge in [-0.1, -0.05) is 30.3 Å². The van der Waals surface area contributed by atoms with Gasteiger partial charge in [0.25, 0.3) is 0 Å². The number of hydrogen-bond donors (Lipinski definition) is 0. The molecule has 7 nitrogen and oxygen atoms in total. The molecule has 1 aliphatic heterocycles. The standard InChI is InChI=1S/C20H18FNO6/c1-26-18(23)16(19(24)27-2)17-20(25)28-15-9-8-13(21)10-14(15)22(17)11-12-6-4-3-5-7-12/h3-10,16-17H,11H2,1-2H3. The highest BCUT2D eigenvalue weighted by Gasteiger charge is 2.49. The number of benzene rings is 2. The first-order chi connectivity index (χ1) is 13.5. The molecule has 1 heterocycles. The maximum atomic E-state index is 13.9. The van der Waals surface area contributed by atoms with Crippen LogP contribution in [0.5, 0.6) is 5.75 Å². The molecule has 0 bridgehead atoms. The molecule has 2 aromatic carbocycles. The highest BCUT2D eigenvalue weighted by Crippen LogP contribution is 2.38. The minimum absolute atomic E-state index is 0.127. The number of carbonyl (C=O) groups is 3. The number of nitrogens with zero attached hydrogens (tertiary/aromatic N) is 1. The second-order valence-corrected chi connectivity index (χ2v) is 6.12. The van der Waals surface area contributed by atoms with E-state index in [4.69, 9.17) is 14.2 Å². The molecule has 0 spiro atoms. The van der Waals surface area contributed by atoms with E-state index >= 15 is 0 Å². The number of carbonyl (C=O) groups excluding carboxylic acids is 3. The lowest BCUT2D eigenvalue weighted by atomic mass is 9.95. The maximum Gasteiger partial charge on any atom is 0.335 e. The molecule has 0 amide bonds. The highest BCUT2D eigenvalue weighted by molar-refractivity contribution is 6.03. The van der Waals surface area contributed by atoms with Gasteiger partial charge in [-0.15, -0.1) is 0 Å². The zero-order valence-electron chi connectivity index (χ0n) is 15.3. The molecule has 0 fully saturated rings. The smallest absolute Gasteiger partial charge is 0.335 e. The van der Waals surface area contributed by atoms with Gasteiger partial charge in [0.15, 0.2) is 17.7 Å². The molecule has 8 heteroatoms. The van der Waals surface area contributed by atoms with Crippen LogP contribution >= 0.6 is 0 Å². The van der Waals surface area contributed by atoms with Crippen molar-refractivity contribution >= 4 is 23.6 Å². The van der Waals surface area contributed by atoms with Crippen LogP contribution in [-0.4, -0.2) is 38.2 Å². The lowest BCUT2D eigenvalue weighted by molar-refractivity contribution is -0.164. The summed E-state index contributed by atoms with van der Waals surface area (Å²) in [6.45, 7) is 0.127. The number of hydrogen-bond acceptors (Lipinski definition) is 7. The van der Waals surface area contributed by atoms with Crippen molar-refractivity contribution in [1.82, 2.24) is 0 Å². The number of anilines is 1. The Bertz CT molecular complexity index is 885. The Kier molecular flexibility index (Phi) is 5.58. The summed E-state index contributed by atoms with van der Waals surface area (Å²) < 4.78 is 28.6. The van der Waals surface area contributed by atoms with E-state index in [2.05, 4.69) is 0 Å². The van der Waals surface area contributed by atoms with E-state index in [1.54, 1.807) is 24.3 Å². The van der Waals surface area contributed by atoms with Gasteiger partial charge in [0.1, 0.15) is 5.82 Å². The molecule has 0 N–H and O–H groups in total. The third-order valence-electron chi connectivity index (χ3n) is 4.44. The van der Waals surface area contributed by atoms with Gasteiger partial charge in [0, 0.05) is 12.6 Å². The zero-order chi connectivity index (χ0) is 20.3. The lowest BCUT2D eigenvalue weighted by Crippen LogP contribution is -2.55. The molecular formula is C20H18FNO6. The van der Waals surface area contributed by atoms with E-state index in [-0.39, 0.29) is 18.0 Å². The topological polar surface area (TPSA) is 82.1 Å². The number of methoxy groups -OCH3 is 2. The summed E-state index contributed by atoms with van der Waals surface area (Å²) in [7, 11) is 2.20. The first-order valence-corrected chi connectivity index (χ1v) is 8.43. The molecular weight excluding hydrogens is 369 g/mol. The Morgan fingerprint density at radius 1 is 1.11 bits per heavy atom. The SMILES string of the molecule is COC(=O)C(C(=O)OC)C1C(=O)Oc2ccc(F)cc2N1Cc1ccccc1. The van der Waals surface area contributed by atoms with Crippen LogP contribution in [0.25, 0.3) is 0 Å². The van der Waals surface area contributed by atoms with E-state index in [0.717, 1.165) is 25.8 Å². The van der Waals surface area contributed by atoms with Crippen molar-refractivity contribution in [3.05, 3.63) is 59.9 Å². The van der Waals surface area contributed by atoms with Crippen molar-refractivity contribution < 1.29 is 33.0 Å². The summed E-state index contributed by atoms with van der Waals surface area (Å²) in [5.41, 5.74) is 1.03. The fourth-order valence-corrected chi connectivity index (χ4v) is 3.13. The van der Waals surface area contributed by atoms with Gasteiger partial charge in [-0.3, -0.25) is 9.59 Å². The van der Waals surface area contributed by atoms with Crippen LogP contribution in [0.3, 0.4) is 0 Å². The minimum Gasteiger partial charge on any atom is -0.468 e. The molecule has 1 aliphatic rings. The van der Waals surface area contributed by atoms with Gasteiger partial charge in [0.2, 0.25) is 0 Å². The molecule has 0 saturated carbocycles. The molecule has 0 aromatic heterocycles. The summed E-state index contributed by atoms with van der Waals surface area (Å²) in [6, 6.07) is 11.3. The molecule has 3 rings (SSSR count). The van der Waals surface area contributed by atoms with Crippen molar-refractivity contribution in [3.63, 3.8) is 0 Å². The number of ether oxygens (including phenoxy) is 3. The van der Waals surface area contributed by atoms with E-state index in [0.29, 0.717) is 0 Å². The summed E-state index contributed by atoms with van der Waals surface area (Å²) in [5.74, 6) is -4.76. The molecule has 2 aromatic rings.